The van der Waals surface area contributed by atoms with Crippen molar-refractivity contribution in [3.8, 4) is 0 Å². The van der Waals surface area contributed by atoms with Crippen LogP contribution in [0.1, 0.15) is 79.7 Å². The van der Waals surface area contributed by atoms with Gasteiger partial charge in [0.05, 0.1) is 5.56 Å². The largest absolute Gasteiger partial charge is 0.416 e. The minimum Gasteiger partial charge on any atom is -0.331 e. The molecule has 2 aromatic rings. The molecule has 1 aliphatic carbocycles. The third-order valence-corrected chi connectivity index (χ3v) is 5.11. The molecule has 178 valence electrons. The average Bonchev–Trinajstić information content (AvgIpc) is 3.54. The van der Waals surface area contributed by atoms with Crippen LogP contribution in [0.25, 0.3) is 0 Å². The van der Waals surface area contributed by atoms with E-state index >= 15 is 0 Å². The number of benzene rings is 1. The number of aromatic nitrogens is 2. The van der Waals surface area contributed by atoms with Crippen molar-refractivity contribution in [3.63, 3.8) is 0 Å². The topological polar surface area (TPSA) is 38.1 Å². The van der Waals surface area contributed by atoms with Crippen LogP contribution in [-0.2, 0) is 25.7 Å². The molecule has 0 saturated heterocycles. The third-order valence-electron chi connectivity index (χ3n) is 5.11. The van der Waals surface area contributed by atoms with E-state index in [2.05, 4.69) is 5.10 Å². The quantitative estimate of drug-likeness (QED) is 0.446. The van der Waals surface area contributed by atoms with Crippen LogP contribution in [0, 0.1) is 5.95 Å². The summed E-state index contributed by atoms with van der Waals surface area (Å²) in [7, 11) is 0. The molecular weight excluding hydrogens is 436 g/mol. The van der Waals surface area contributed by atoms with Gasteiger partial charge >= 0.3 is 6.18 Å². The number of aryl methyl sites for hydroxylation is 2. The smallest absolute Gasteiger partial charge is 0.331 e. The van der Waals surface area contributed by atoms with Crippen LogP contribution in [-0.4, -0.2) is 26.6 Å². The summed E-state index contributed by atoms with van der Waals surface area (Å²) in [6.07, 6.45) is -6.34. The minimum atomic E-state index is -4.65. The normalized spacial score (nSPS) is 13.7. The Bertz CT molecular complexity index is 934. The van der Waals surface area contributed by atoms with E-state index < -0.39 is 53.9 Å². The molecule has 10 heteroatoms. The standard InChI is InChI=1S/C20H21F6N3O.C2H6/c1-3-11-5-8-14(20(24,25)26)12(9-11)10-28(13-6-7-13)19(30)15-16(17(21)22)27-29(4-2)18(15)23;1-2/h5,8-9,13,17H,3-4,6-7,10H2,1-2H3;1-2H3. The van der Waals surface area contributed by atoms with Gasteiger partial charge in [-0.25, -0.2) is 13.5 Å². The zero-order valence-electron chi connectivity index (χ0n) is 18.4. The second-order valence-corrected chi connectivity index (χ2v) is 7.17. The summed E-state index contributed by atoms with van der Waals surface area (Å²) in [5.41, 5.74) is -2.29. The Morgan fingerprint density at radius 1 is 1.22 bits per heavy atom. The first kappa shape index (κ1) is 25.7. The van der Waals surface area contributed by atoms with Crippen molar-refractivity contribution in [2.24, 2.45) is 0 Å². The van der Waals surface area contributed by atoms with Crippen molar-refractivity contribution < 1.29 is 31.1 Å². The van der Waals surface area contributed by atoms with Gasteiger partial charge in [0.15, 0.2) is 0 Å². The van der Waals surface area contributed by atoms with Crippen molar-refractivity contribution in [2.75, 3.05) is 0 Å². The molecule has 0 spiro atoms. The number of halogens is 6. The molecule has 1 saturated carbocycles. The van der Waals surface area contributed by atoms with Gasteiger partial charge in [0.1, 0.15) is 11.3 Å². The Labute approximate surface area is 183 Å². The Morgan fingerprint density at radius 3 is 2.31 bits per heavy atom. The first-order valence-electron chi connectivity index (χ1n) is 10.6. The molecule has 0 bridgehead atoms. The molecule has 4 nitrogen and oxygen atoms in total. The Morgan fingerprint density at radius 2 is 1.84 bits per heavy atom. The molecule has 0 atom stereocenters. The molecule has 1 aromatic heterocycles. The van der Waals surface area contributed by atoms with Crippen LogP contribution in [0.5, 0.6) is 0 Å². The molecule has 1 heterocycles. The van der Waals surface area contributed by atoms with Gasteiger partial charge in [-0.3, -0.25) is 4.79 Å². The van der Waals surface area contributed by atoms with Crippen LogP contribution in [0.3, 0.4) is 0 Å². The molecular formula is C22H27F6N3O. The zero-order valence-corrected chi connectivity index (χ0v) is 18.4. The van der Waals surface area contributed by atoms with Gasteiger partial charge in [0.2, 0.25) is 5.95 Å². The van der Waals surface area contributed by atoms with Gasteiger partial charge in [0.25, 0.3) is 12.3 Å². The van der Waals surface area contributed by atoms with Crippen molar-refractivity contribution >= 4 is 5.91 Å². The maximum atomic E-state index is 14.6. The monoisotopic (exact) mass is 463 g/mol. The van der Waals surface area contributed by atoms with Crippen LogP contribution in [0.2, 0.25) is 0 Å². The fraction of sp³-hybridized carbons (Fsp3) is 0.545. The second-order valence-electron chi connectivity index (χ2n) is 7.17. The molecule has 0 radical (unpaired) electrons. The summed E-state index contributed by atoms with van der Waals surface area (Å²) in [6, 6.07) is 3.23. The molecule has 32 heavy (non-hydrogen) atoms. The Balaban J connectivity index is 0.00000176. The van der Waals surface area contributed by atoms with Gasteiger partial charge in [-0.05, 0) is 43.4 Å². The Kier molecular flexibility index (Phi) is 8.36. The minimum absolute atomic E-state index is 0.0704. The number of carbonyl (C=O) groups is 1. The lowest BCUT2D eigenvalue weighted by atomic mass is 10.0. The van der Waals surface area contributed by atoms with Crippen molar-refractivity contribution in [1.82, 2.24) is 14.7 Å². The maximum Gasteiger partial charge on any atom is 0.416 e. The predicted molar refractivity (Wildman–Crippen MR) is 108 cm³/mol. The molecule has 0 unspecified atom stereocenters. The molecule has 1 fully saturated rings. The number of rotatable bonds is 7. The van der Waals surface area contributed by atoms with Crippen LogP contribution in [0.4, 0.5) is 26.3 Å². The van der Waals surface area contributed by atoms with Gasteiger partial charge in [-0.2, -0.15) is 22.7 Å². The van der Waals surface area contributed by atoms with E-state index in [1.54, 1.807) is 6.92 Å². The number of alkyl halides is 5. The first-order valence-corrected chi connectivity index (χ1v) is 10.6. The number of amides is 1. The Hall–Kier alpha value is -2.52. The molecule has 1 aromatic carbocycles. The highest BCUT2D eigenvalue weighted by molar-refractivity contribution is 5.96. The van der Waals surface area contributed by atoms with E-state index in [1.807, 2.05) is 13.8 Å². The highest BCUT2D eigenvalue weighted by atomic mass is 19.4. The lowest BCUT2D eigenvalue weighted by molar-refractivity contribution is -0.138. The van der Waals surface area contributed by atoms with Crippen LogP contribution < -0.4 is 0 Å². The number of carbonyl (C=O) groups excluding carboxylic acids is 1. The van der Waals surface area contributed by atoms with Gasteiger partial charge in [-0.15, -0.1) is 0 Å². The summed E-state index contributed by atoms with van der Waals surface area (Å²) in [6.45, 7) is 6.73. The third kappa shape index (κ3) is 5.45. The predicted octanol–water partition coefficient (Wildman–Crippen LogP) is 6.39. The molecule has 3 rings (SSSR count). The van der Waals surface area contributed by atoms with E-state index in [0.29, 0.717) is 29.5 Å². The highest BCUT2D eigenvalue weighted by Gasteiger charge is 2.40. The average molecular weight is 463 g/mol. The maximum absolute atomic E-state index is 14.6. The summed E-state index contributed by atoms with van der Waals surface area (Å²) in [5, 5.41) is 3.47. The van der Waals surface area contributed by atoms with Crippen molar-refractivity contribution in [1.29, 1.82) is 0 Å². The first-order chi connectivity index (χ1) is 15.1. The number of nitrogens with zero attached hydrogens (tertiary/aromatic N) is 3. The molecule has 0 aliphatic heterocycles. The molecule has 1 aliphatic rings. The van der Waals surface area contributed by atoms with E-state index in [1.165, 1.54) is 19.1 Å². The lowest BCUT2D eigenvalue weighted by Gasteiger charge is -2.25. The van der Waals surface area contributed by atoms with E-state index in [4.69, 9.17) is 0 Å². The lowest BCUT2D eigenvalue weighted by Crippen LogP contribution is -2.34. The summed E-state index contributed by atoms with van der Waals surface area (Å²) < 4.78 is 82.5. The summed E-state index contributed by atoms with van der Waals surface area (Å²) in [5.74, 6) is -2.28. The fourth-order valence-corrected chi connectivity index (χ4v) is 3.37. The van der Waals surface area contributed by atoms with E-state index in [-0.39, 0.29) is 12.1 Å². The SMILES string of the molecule is CC.CCc1ccc(C(F)(F)F)c(CN(C(=O)c2c(C(F)F)nn(CC)c2F)C2CC2)c1. The van der Waals surface area contributed by atoms with Crippen molar-refractivity contribution in [2.45, 2.75) is 78.7 Å². The summed E-state index contributed by atoms with van der Waals surface area (Å²) in [4.78, 5) is 14.1. The van der Waals surface area contributed by atoms with Crippen LogP contribution in [0.15, 0.2) is 18.2 Å². The van der Waals surface area contributed by atoms with Gasteiger partial charge in [-0.1, -0.05) is 32.9 Å². The van der Waals surface area contributed by atoms with E-state index in [0.717, 1.165) is 11.0 Å². The van der Waals surface area contributed by atoms with Crippen LogP contribution >= 0.6 is 0 Å². The van der Waals surface area contributed by atoms with Crippen molar-refractivity contribution in [3.05, 3.63) is 52.1 Å². The summed E-state index contributed by atoms with van der Waals surface area (Å²) >= 11 is 0. The highest BCUT2D eigenvalue weighted by Crippen LogP contribution is 2.37. The number of hydrogen-bond donors (Lipinski definition) is 0. The van der Waals surface area contributed by atoms with E-state index in [9.17, 15) is 31.1 Å². The van der Waals surface area contributed by atoms with Gasteiger partial charge in [0, 0.05) is 19.1 Å². The van der Waals surface area contributed by atoms with Gasteiger partial charge < -0.3 is 4.90 Å². The number of hydrogen-bond acceptors (Lipinski definition) is 2. The molecule has 0 N–H and O–H groups in total. The second kappa shape index (κ2) is 10.4. The zero-order chi connectivity index (χ0) is 24.2. The molecule has 1 amide bonds. The fourth-order valence-electron chi connectivity index (χ4n) is 3.37.